The molecule has 1 heterocycles. The van der Waals surface area contributed by atoms with Crippen LogP contribution in [0.15, 0.2) is 4.52 Å². The average Bonchev–Trinajstić information content (AvgIpc) is 3.06. The molecular weight excluding hydrogens is 222 g/mol. The monoisotopic (exact) mass is 241 g/mol. The number of nitrogens with one attached hydrogen (secondary N) is 1. The lowest BCUT2D eigenvalue weighted by Crippen LogP contribution is -2.10. The predicted molar refractivity (Wildman–Crippen MR) is 61.8 cm³/mol. The van der Waals surface area contributed by atoms with Gasteiger partial charge in [-0.15, -0.1) is 0 Å². The molecule has 6 heteroatoms. The third kappa shape index (κ3) is 3.41. The molecule has 17 heavy (non-hydrogen) atoms. The van der Waals surface area contributed by atoms with E-state index in [-0.39, 0.29) is 6.10 Å². The van der Waals surface area contributed by atoms with Crippen molar-refractivity contribution in [2.24, 2.45) is 5.92 Å². The van der Waals surface area contributed by atoms with Crippen molar-refractivity contribution >= 4 is 6.01 Å². The maximum absolute atomic E-state index is 5.65. The molecule has 0 saturated heterocycles. The van der Waals surface area contributed by atoms with E-state index in [1.807, 2.05) is 6.92 Å². The van der Waals surface area contributed by atoms with Crippen LogP contribution in [0.3, 0.4) is 0 Å². The van der Waals surface area contributed by atoms with Crippen molar-refractivity contribution in [2.45, 2.75) is 25.9 Å². The normalized spacial score (nSPS) is 17.1. The number of nitrogens with zero attached hydrogens (tertiary/aromatic N) is 2. The molecule has 1 aromatic rings. The molecule has 1 saturated carbocycles. The highest BCUT2D eigenvalue weighted by Crippen LogP contribution is 2.42. The second-order valence-corrected chi connectivity index (χ2v) is 4.09. The predicted octanol–water partition coefficient (Wildman–Crippen LogP) is 1.62. The Morgan fingerprint density at radius 3 is 3.00 bits per heavy atom. The molecule has 1 aliphatic carbocycles. The molecule has 1 unspecified atom stereocenters. The molecule has 0 aromatic carbocycles. The number of methoxy groups -OCH3 is 1. The fourth-order valence-electron chi connectivity index (χ4n) is 1.68. The quantitative estimate of drug-likeness (QED) is 0.697. The van der Waals surface area contributed by atoms with Gasteiger partial charge in [-0.05, 0) is 25.7 Å². The van der Waals surface area contributed by atoms with Crippen molar-refractivity contribution in [1.29, 1.82) is 0 Å². The summed E-state index contributed by atoms with van der Waals surface area (Å²) in [5, 5.41) is 6.96. The zero-order valence-electron chi connectivity index (χ0n) is 10.3. The van der Waals surface area contributed by atoms with Crippen LogP contribution in [0.5, 0.6) is 0 Å². The zero-order valence-corrected chi connectivity index (χ0v) is 10.3. The summed E-state index contributed by atoms with van der Waals surface area (Å²) in [5.74, 6) is 1.20. The topological polar surface area (TPSA) is 69.4 Å². The summed E-state index contributed by atoms with van der Waals surface area (Å²) in [4.78, 5) is 4.29. The van der Waals surface area contributed by atoms with Crippen molar-refractivity contribution in [3.8, 4) is 0 Å². The van der Waals surface area contributed by atoms with Gasteiger partial charge in [-0.1, -0.05) is 5.16 Å². The number of hydrogen-bond donors (Lipinski definition) is 1. The molecule has 2 rings (SSSR count). The molecule has 1 fully saturated rings. The first-order chi connectivity index (χ1) is 8.35. The molecule has 1 N–H and O–H groups in total. The highest BCUT2D eigenvalue weighted by molar-refractivity contribution is 5.19. The Morgan fingerprint density at radius 1 is 1.53 bits per heavy atom. The minimum absolute atomic E-state index is 0.0123. The molecule has 1 aromatic heterocycles. The van der Waals surface area contributed by atoms with Crippen LogP contribution >= 0.6 is 0 Å². The van der Waals surface area contributed by atoms with E-state index in [2.05, 4.69) is 15.5 Å². The van der Waals surface area contributed by atoms with E-state index in [0.717, 1.165) is 0 Å². The lowest BCUT2D eigenvalue weighted by atomic mass is 10.2. The minimum Gasteiger partial charge on any atom is -0.383 e. The number of ether oxygens (including phenoxy) is 2. The van der Waals surface area contributed by atoms with E-state index < -0.39 is 0 Å². The summed E-state index contributed by atoms with van der Waals surface area (Å²) >= 11 is 0. The lowest BCUT2D eigenvalue weighted by Gasteiger charge is -2.10. The molecule has 6 nitrogen and oxygen atoms in total. The lowest BCUT2D eigenvalue weighted by molar-refractivity contribution is 0.0385. The smallest absolute Gasteiger partial charge is 0.321 e. The largest absolute Gasteiger partial charge is 0.383 e. The Morgan fingerprint density at radius 2 is 2.35 bits per heavy atom. The van der Waals surface area contributed by atoms with Crippen LogP contribution in [0.4, 0.5) is 6.01 Å². The second-order valence-electron chi connectivity index (χ2n) is 4.09. The molecule has 0 radical (unpaired) electrons. The Bertz CT molecular complexity index is 338. The molecule has 1 aliphatic rings. The summed E-state index contributed by atoms with van der Waals surface area (Å²) in [5.41, 5.74) is 0. The summed E-state index contributed by atoms with van der Waals surface area (Å²) in [6.07, 6.45) is 2.36. The van der Waals surface area contributed by atoms with Gasteiger partial charge >= 0.3 is 6.01 Å². The van der Waals surface area contributed by atoms with Gasteiger partial charge < -0.3 is 19.3 Å². The summed E-state index contributed by atoms with van der Waals surface area (Å²) < 4.78 is 15.7. The summed E-state index contributed by atoms with van der Waals surface area (Å²) in [6.45, 7) is 3.91. The maximum Gasteiger partial charge on any atom is 0.321 e. The van der Waals surface area contributed by atoms with Gasteiger partial charge in [-0.3, -0.25) is 0 Å². The van der Waals surface area contributed by atoms with Crippen LogP contribution < -0.4 is 5.32 Å². The Hall–Kier alpha value is -1.14. The molecular formula is C11H19N3O3. The second kappa shape index (κ2) is 5.97. The maximum atomic E-state index is 5.65. The summed E-state index contributed by atoms with van der Waals surface area (Å²) in [6, 6.07) is 0.433. The molecule has 0 spiro atoms. The van der Waals surface area contributed by atoms with Gasteiger partial charge in [0.05, 0.1) is 6.61 Å². The third-order valence-electron chi connectivity index (χ3n) is 2.68. The van der Waals surface area contributed by atoms with Gasteiger partial charge in [0.2, 0.25) is 5.82 Å². The standard InChI is InChI=1S/C11H19N3O3/c1-3-16-9(8-4-5-8)10-13-11(17-14-10)12-6-7-15-2/h8-9H,3-7H2,1-2H3,(H,12,13,14). The zero-order chi connectivity index (χ0) is 12.1. The van der Waals surface area contributed by atoms with Crippen molar-refractivity contribution in [1.82, 2.24) is 10.1 Å². The van der Waals surface area contributed by atoms with Crippen LogP contribution in [-0.4, -0.2) is 37.0 Å². The Balaban J connectivity index is 1.90. The van der Waals surface area contributed by atoms with E-state index in [1.165, 1.54) is 12.8 Å². The van der Waals surface area contributed by atoms with Gasteiger partial charge in [0, 0.05) is 20.3 Å². The van der Waals surface area contributed by atoms with E-state index >= 15 is 0 Å². The summed E-state index contributed by atoms with van der Waals surface area (Å²) in [7, 11) is 1.65. The van der Waals surface area contributed by atoms with E-state index in [0.29, 0.717) is 37.5 Å². The van der Waals surface area contributed by atoms with Crippen LogP contribution in [0.1, 0.15) is 31.7 Å². The molecule has 96 valence electrons. The van der Waals surface area contributed by atoms with Crippen molar-refractivity contribution < 1.29 is 14.0 Å². The first kappa shape index (κ1) is 12.3. The number of aromatic nitrogens is 2. The number of rotatable bonds is 8. The minimum atomic E-state index is -0.0123. The fraction of sp³-hybridized carbons (Fsp3) is 0.818. The first-order valence-electron chi connectivity index (χ1n) is 6.03. The molecule has 0 amide bonds. The average molecular weight is 241 g/mol. The van der Waals surface area contributed by atoms with Crippen molar-refractivity contribution in [3.63, 3.8) is 0 Å². The van der Waals surface area contributed by atoms with Gasteiger partial charge in [-0.2, -0.15) is 4.98 Å². The van der Waals surface area contributed by atoms with Crippen LogP contribution in [0.2, 0.25) is 0 Å². The van der Waals surface area contributed by atoms with Crippen molar-refractivity contribution in [2.75, 3.05) is 32.2 Å². The van der Waals surface area contributed by atoms with Gasteiger partial charge in [0.25, 0.3) is 0 Å². The van der Waals surface area contributed by atoms with Gasteiger partial charge in [-0.25, -0.2) is 0 Å². The first-order valence-corrected chi connectivity index (χ1v) is 6.03. The van der Waals surface area contributed by atoms with E-state index in [9.17, 15) is 0 Å². The van der Waals surface area contributed by atoms with E-state index in [1.54, 1.807) is 7.11 Å². The van der Waals surface area contributed by atoms with Gasteiger partial charge in [0.15, 0.2) is 0 Å². The highest BCUT2D eigenvalue weighted by Gasteiger charge is 2.36. The number of anilines is 1. The van der Waals surface area contributed by atoms with Crippen LogP contribution in [0.25, 0.3) is 0 Å². The van der Waals surface area contributed by atoms with Crippen LogP contribution in [0, 0.1) is 5.92 Å². The molecule has 1 atom stereocenters. The Labute approximate surface area is 101 Å². The number of hydrogen-bond acceptors (Lipinski definition) is 6. The molecule has 0 bridgehead atoms. The SMILES string of the molecule is CCOC(c1noc(NCCOC)n1)C1CC1. The fourth-order valence-corrected chi connectivity index (χ4v) is 1.68. The van der Waals surface area contributed by atoms with Crippen molar-refractivity contribution in [3.05, 3.63) is 5.82 Å². The molecule has 0 aliphatic heterocycles. The van der Waals surface area contributed by atoms with Crippen LogP contribution in [-0.2, 0) is 9.47 Å². The Kier molecular flexibility index (Phi) is 4.33. The van der Waals surface area contributed by atoms with Gasteiger partial charge in [0.1, 0.15) is 6.10 Å². The third-order valence-corrected chi connectivity index (χ3v) is 2.68. The van der Waals surface area contributed by atoms with E-state index in [4.69, 9.17) is 14.0 Å². The highest BCUT2D eigenvalue weighted by atomic mass is 16.5.